The minimum atomic E-state index is -0.450. The largest absolute Gasteiger partial charge is 0.507 e. The molecule has 0 atom stereocenters. The van der Waals surface area contributed by atoms with E-state index in [2.05, 4.69) is 18.7 Å². The van der Waals surface area contributed by atoms with Gasteiger partial charge in [-0.3, -0.25) is 4.90 Å². The summed E-state index contributed by atoms with van der Waals surface area (Å²) in [6.45, 7) is 8.18. The molecule has 1 aromatic heterocycles. The standard InChI is InChI=1S/C23H27NO5/c1-6-24(7-2)13-17-18(25)10-9-16-14(3)21(23(26)29-22(16)17)15-8-11-19(27-4)20(12-15)28-5/h8-12,25H,6-7,13H2,1-5H3. The molecular formula is C23H27NO5. The lowest BCUT2D eigenvalue weighted by Gasteiger charge is -2.20. The van der Waals surface area contributed by atoms with E-state index in [-0.39, 0.29) is 5.75 Å². The fraction of sp³-hybridized carbons (Fsp3) is 0.348. The molecule has 0 bridgehead atoms. The quantitative estimate of drug-likeness (QED) is 0.598. The summed E-state index contributed by atoms with van der Waals surface area (Å²) >= 11 is 0. The Hall–Kier alpha value is -2.99. The average molecular weight is 397 g/mol. The Kier molecular flexibility index (Phi) is 6.13. The van der Waals surface area contributed by atoms with Crippen LogP contribution in [0.25, 0.3) is 22.1 Å². The maximum absolute atomic E-state index is 13.0. The molecule has 0 aliphatic rings. The number of rotatable bonds is 7. The number of nitrogens with zero attached hydrogens (tertiary/aromatic N) is 1. The maximum Gasteiger partial charge on any atom is 0.344 e. The molecule has 3 rings (SSSR count). The summed E-state index contributed by atoms with van der Waals surface area (Å²) in [5.41, 5.74) is 2.57. The van der Waals surface area contributed by atoms with E-state index in [9.17, 15) is 9.90 Å². The van der Waals surface area contributed by atoms with E-state index in [1.807, 2.05) is 13.0 Å². The molecule has 6 nitrogen and oxygen atoms in total. The molecule has 0 aliphatic carbocycles. The Labute approximate surface area is 170 Å². The molecule has 1 heterocycles. The van der Waals surface area contributed by atoms with Crippen LogP contribution in [0.4, 0.5) is 0 Å². The second-order valence-corrected chi connectivity index (χ2v) is 6.86. The molecule has 0 saturated heterocycles. The first-order chi connectivity index (χ1) is 13.9. The van der Waals surface area contributed by atoms with E-state index in [0.717, 1.165) is 24.0 Å². The molecule has 29 heavy (non-hydrogen) atoms. The van der Waals surface area contributed by atoms with Gasteiger partial charge in [0.25, 0.3) is 0 Å². The zero-order valence-electron chi connectivity index (χ0n) is 17.5. The number of phenols is 1. The van der Waals surface area contributed by atoms with Crippen LogP contribution in [0.3, 0.4) is 0 Å². The van der Waals surface area contributed by atoms with Crippen molar-refractivity contribution in [3.63, 3.8) is 0 Å². The molecule has 0 amide bonds. The van der Waals surface area contributed by atoms with Crippen LogP contribution in [0.5, 0.6) is 17.2 Å². The highest BCUT2D eigenvalue weighted by atomic mass is 16.5. The van der Waals surface area contributed by atoms with E-state index in [4.69, 9.17) is 13.9 Å². The van der Waals surface area contributed by atoms with Crippen LogP contribution >= 0.6 is 0 Å². The smallest absolute Gasteiger partial charge is 0.344 e. The van der Waals surface area contributed by atoms with Crippen LogP contribution in [0.2, 0.25) is 0 Å². The van der Waals surface area contributed by atoms with Crippen molar-refractivity contribution in [3.8, 4) is 28.4 Å². The van der Waals surface area contributed by atoms with Gasteiger partial charge in [-0.15, -0.1) is 0 Å². The Bertz CT molecular complexity index is 1080. The number of aryl methyl sites for hydroxylation is 1. The van der Waals surface area contributed by atoms with Gasteiger partial charge in [-0.1, -0.05) is 19.9 Å². The summed E-state index contributed by atoms with van der Waals surface area (Å²) in [4.78, 5) is 15.1. The molecule has 2 aromatic carbocycles. The normalized spacial score (nSPS) is 11.2. The first-order valence-corrected chi connectivity index (χ1v) is 9.68. The van der Waals surface area contributed by atoms with Crippen molar-refractivity contribution in [2.24, 2.45) is 0 Å². The van der Waals surface area contributed by atoms with E-state index in [1.54, 1.807) is 38.5 Å². The maximum atomic E-state index is 13.0. The Morgan fingerprint density at radius 3 is 2.34 bits per heavy atom. The summed E-state index contributed by atoms with van der Waals surface area (Å²) < 4.78 is 16.4. The first-order valence-electron chi connectivity index (χ1n) is 9.68. The number of hydrogen-bond donors (Lipinski definition) is 1. The molecule has 0 fully saturated rings. The van der Waals surface area contributed by atoms with Crippen LogP contribution in [-0.4, -0.2) is 37.3 Å². The topological polar surface area (TPSA) is 72.1 Å². The second kappa shape index (κ2) is 8.57. The molecule has 0 unspecified atom stereocenters. The van der Waals surface area contributed by atoms with Gasteiger partial charge in [-0.05, 0) is 55.4 Å². The van der Waals surface area contributed by atoms with Crippen LogP contribution in [0, 0.1) is 6.92 Å². The predicted molar refractivity (Wildman–Crippen MR) is 114 cm³/mol. The number of methoxy groups -OCH3 is 2. The Balaban J connectivity index is 2.23. The third-order valence-corrected chi connectivity index (χ3v) is 5.36. The Morgan fingerprint density at radius 2 is 1.72 bits per heavy atom. The lowest BCUT2D eigenvalue weighted by Crippen LogP contribution is -2.22. The SMILES string of the molecule is CCN(CC)Cc1c(O)ccc2c(C)c(-c3ccc(OC)c(OC)c3)c(=O)oc12. The molecule has 0 radical (unpaired) electrons. The number of fused-ring (bicyclic) bond motifs is 1. The monoisotopic (exact) mass is 397 g/mol. The van der Waals surface area contributed by atoms with Gasteiger partial charge in [0.1, 0.15) is 11.3 Å². The fourth-order valence-corrected chi connectivity index (χ4v) is 3.61. The lowest BCUT2D eigenvalue weighted by atomic mass is 9.97. The van der Waals surface area contributed by atoms with Gasteiger partial charge in [0, 0.05) is 11.9 Å². The van der Waals surface area contributed by atoms with Gasteiger partial charge in [-0.2, -0.15) is 0 Å². The second-order valence-electron chi connectivity index (χ2n) is 6.86. The van der Waals surface area contributed by atoms with Crippen molar-refractivity contribution in [1.82, 2.24) is 4.90 Å². The third kappa shape index (κ3) is 3.80. The highest BCUT2D eigenvalue weighted by molar-refractivity contribution is 5.90. The van der Waals surface area contributed by atoms with Gasteiger partial charge in [-0.25, -0.2) is 4.79 Å². The fourth-order valence-electron chi connectivity index (χ4n) is 3.61. The summed E-state index contributed by atoms with van der Waals surface area (Å²) in [6.07, 6.45) is 0. The van der Waals surface area contributed by atoms with Gasteiger partial charge in [0.15, 0.2) is 11.5 Å². The number of aromatic hydroxyl groups is 1. The van der Waals surface area contributed by atoms with E-state index >= 15 is 0 Å². The molecule has 0 saturated carbocycles. The van der Waals surface area contributed by atoms with Crippen molar-refractivity contribution in [2.45, 2.75) is 27.3 Å². The van der Waals surface area contributed by atoms with Crippen LogP contribution in [0.1, 0.15) is 25.0 Å². The van der Waals surface area contributed by atoms with Crippen LogP contribution < -0.4 is 15.1 Å². The number of ether oxygens (including phenoxy) is 2. The molecular weight excluding hydrogens is 370 g/mol. The minimum absolute atomic E-state index is 0.130. The van der Waals surface area contributed by atoms with E-state index in [1.165, 1.54) is 0 Å². The molecule has 1 N–H and O–H groups in total. The van der Waals surface area contributed by atoms with Crippen molar-refractivity contribution < 1.29 is 19.0 Å². The zero-order valence-corrected chi connectivity index (χ0v) is 17.5. The highest BCUT2D eigenvalue weighted by Gasteiger charge is 2.19. The summed E-state index contributed by atoms with van der Waals surface area (Å²) in [5, 5.41) is 11.2. The number of benzene rings is 2. The van der Waals surface area contributed by atoms with Crippen LogP contribution in [-0.2, 0) is 6.54 Å². The number of hydrogen-bond acceptors (Lipinski definition) is 6. The highest BCUT2D eigenvalue weighted by Crippen LogP contribution is 2.36. The van der Waals surface area contributed by atoms with Crippen molar-refractivity contribution >= 4 is 11.0 Å². The molecule has 0 aliphatic heterocycles. The van der Waals surface area contributed by atoms with Crippen molar-refractivity contribution in [1.29, 1.82) is 0 Å². The van der Waals surface area contributed by atoms with Gasteiger partial charge in [0.2, 0.25) is 0 Å². The van der Waals surface area contributed by atoms with E-state index in [0.29, 0.717) is 40.3 Å². The summed E-state index contributed by atoms with van der Waals surface area (Å²) in [7, 11) is 3.12. The summed E-state index contributed by atoms with van der Waals surface area (Å²) in [6, 6.07) is 8.79. The first kappa shape index (κ1) is 20.7. The number of phenolic OH excluding ortho intramolecular Hbond substituents is 1. The van der Waals surface area contributed by atoms with Crippen LogP contribution in [0.15, 0.2) is 39.5 Å². The van der Waals surface area contributed by atoms with Gasteiger partial charge in [0.05, 0.1) is 25.3 Å². The van der Waals surface area contributed by atoms with Gasteiger partial charge < -0.3 is 19.0 Å². The molecule has 3 aromatic rings. The van der Waals surface area contributed by atoms with E-state index < -0.39 is 5.63 Å². The average Bonchev–Trinajstić information content (AvgIpc) is 2.73. The lowest BCUT2D eigenvalue weighted by molar-refractivity contribution is 0.290. The minimum Gasteiger partial charge on any atom is -0.507 e. The molecule has 6 heteroatoms. The van der Waals surface area contributed by atoms with Gasteiger partial charge >= 0.3 is 5.63 Å². The zero-order chi connectivity index (χ0) is 21.1. The third-order valence-electron chi connectivity index (χ3n) is 5.36. The molecule has 0 spiro atoms. The van der Waals surface area contributed by atoms with Crippen molar-refractivity contribution in [3.05, 3.63) is 51.9 Å². The Morgan fingerprint density at radius 1 is 1.03 bits per heavy atom. The predicted octanol–water partition coefficient (Wildman–Crippen LogP) is 4.33. The summed E-state index contributed by atoms with van der Waals surface area (Å²) in [5.74, 6) is 1.26. The molecule has 154 valence electrons. The van der Waals surface area contributed by atoms with Crippen molar-refractivity contribution in [2.75, 3.05) is 27.3 Å².